The molecule has 2 heterocycles. The van der Waals surface area contributed by atoms with Gasteiger partial charge in [-0.3, -0.25) is 4.79 Å². The summed E-state index contributed by atoms with van der Waals surface area (Å²) in [4.78, 5) is 15.8. The summed E-state index contributed by atoms with van der Waals surface area (Å²) in [5.41, 5.74) is 0.125. The number of carbonyl (C=O) groups is 1. The quantitative estimate of drug-likeness (QED) is 0.844. The third-order valence-corrected chi connectivity index (χ3v) is 6.35. The van der Waals surface area contributed by atoms with E-state index in [9.17, 15) is 9.90 Å². The first-order valence-electron chi connectivity index (χ1n) is 9.24. The third-order valence-electron chi connectivity index (χ3n) is 5.50. The van der Waals surface area contributed by atoms with E-state index < -0.39 is 5.60 Å². The topological polar surface area (TPSA) is 40.5 Å². The Labute approximate surface area is 154 Å². The Kier molecular flexibility index (Phi) is 5.60. The van der Waals surface area contributed by atoms with Crippen LogP contribution in [0.5, 0.6) is 0 Å². The average molecular weight is 358 g/mol. The van der Waals surface area contributed by atoms with E-state index in [-0.39, 0.29) is 17.9 Å². The lowest BCUT2D eigenvalue weighted by atomic mass is 9.69. The van der Waals surface area contributed by atoms with E-state index in [0.29, 0.717) is 13.0 Å². The van der Waals surface area contributed by atoms with Gasteiger partial charge in [-0.05, 0) is 36.3 Å². The number of rotatable bonds is 5. The maximum Gasteiger partial charge on any atom is 0.264 e. The summed E-state index contributed by atoms with van der Waals surface area (Å²) in [7, 11) is 0. The van der Waals surface area contributed by atoms with E-state index in [1.54, 1.807) is 0 Å². The number of benzene rings is 1. The maximum atomic E-state index is 13.0. The van der Waals surface area contributed by atoms with Crippen LogP contribution in [-0.4, -0.2) is 28.5 Å². The van der Waals surface area contributed by atoms with Gasteiger partial charge in [-0.15, -0.1) is 11.3 Å². The van der Waals surface area contributed by atoms with Crippen molar-refractivity contribution in [1.29, 1.82) is 0 Å². The minimum atomic E-state index is -0.857. The predicted molar refractivity (Wildman–Crippen MR) is 103 cm³/mol. The van der Waals surface area contributed by atoms with E-state index in [4.69, 9.17) is 0 Å². The van der Waals surface area contributed by atoms with Gasteiger partial charge in [0.2, 0.25) is 0 Å². The number of aliphatic hydroxyl groups is 1. The van der Waals surface area contributed by atoms with Crippen LogP contribution in [0.25, 0.3) is 0 Å². The molecule has 134 valence electrons. The first-order chi connectivity index (χ1) is 12.1. The first-order valence-corrected chi connectivity index (χ1v) is 10.1. The van der Waals surface area contributed by atoms with Crippen molar-refractivity contribution in [3.05, 3.63) is 58.3 Å². The highest BCUT2D eigenvalue weighted by molar-refractivity contribution is 7.12. The molecule has 1 aliphatic heterocycles. The summed E-state index contributed by atoms with van der Waals surface area (Å²) < 4.78 is 0. The Morgan fingerprint density at radius 2 is 2.00 bits per heavy atom. The molecule has 3 atom stereocenters. The van der Waals surface area contributed by atoms with Crippen LogP contribution in [0.15, 0.2) is 47.8 Å². The van der Waals surface area contributed by atoms with Crippen LogP contribution in [0.2, 0.25) is 0 Å². The molecule has 0 radical (unpaired) electrons. The number of amides is 1. The van der Waals surface area contributed by atoms with E-state index in [1.165, 1.54) is 11.3 Å². The molecule has 25 heavy (non-hydrogen) atoms. The molecule has 0 aliphatic carbocycles. The second kappa shape index (κ2) is 7.71. The SMILES string of the molecule is CCC[C@@H]1[C@H](CC)N(C(=O)c2cccs2)CC[C@@]1(O)c1ccccc1. The second-order valence-electron chi connectivity index (χ2n) is 6.89. The number of likely N-dealkylation sites (tertiary alicyclic amines) is 1. The Hall–Kier alpha value is -1.65. The fraction of sp³-hybridized carbons (Fsp3) is 0.476. The van der Waals surface area contributed by atoms with E-state index in [1.807, 2.05) is 52.7 Å². The lowest BCUT2D eigenvalue weighted by Gasteiger charge is -2.50. The Morgan fingerprint density at radius 1 is 1.24 bits per heavy atom. The largest absolute Gasteiger partial charge is 0.385 e. The van der Waals surface area contributed by atoms with Gasteiger partial charge in [0, 0.05) is 18.5 Å². The first kappa shape index (κ1) is 18.2. The van der Waals surface area contributed by atoms with Crippen LogP contribution in [-0.2, 0) is 5.60 Å². The molecule has 0 unspecified atom stereocenters. The zero-order chi connectivity index (χ0) is 17.9. The lowest BCUT2D eigenvalue weighted by molar-refractivity contribution is -0.101. The molecule has 1 aromatic heterocycles. The van der Waals surface area contributed by atoms with Crippen LogP contribution in [0, 0.1) is 5.92 Å². The van der Waals surface area contributed by atoms with Gasteiger partial charge in [-0.1, -0.05) is 56.7 Å². The Balaban J connectivity index is 1.95. The van der Waals surface area contributed by atoms with Crippen molar-refractivity contribution < 1.29 is 9.90 Å². The van der Waals surface area contributed by atoms with Gasteiger partial charge >= 0.3 is 0 Å². The summed E-state index contributed by atoms with van der Waals surface area (Å²) >= 11 is 1.49. The van der Waals surface area contributed by atoms with Crippen LogP contribution < -0.4 is 0 Å². The number of hydrogen-bond acceptors (Lipinski definition) is 3. The van der Waals surface area contributed by atoms with E-state index in [0.717, 1.165) is 29.7 Å². The van der Waals surface area contributed by atoms with Gasteiger partial charge in [-0.25, -0.2) is 0 Å². The number of thiophene rings is 1. The lowest BCUT2D eigenvalue weighted by Crippen LogP contribution is -2.57. The van der Waals surface area contributed by atoms with Crippen LogP contribution in [0.3, 0.4) is 0 Å². The Bertz CT molecular complexity index is 685. The van der Waals surface area contributed by atoms with Crippen molar-refractivity contribution in [2.24, 2.45) is 5.92 Å². The fourth-order valence-electron chi connectivity index (χ4n) is 4.30. The summed E-state index contributed by atoms with van der Waals surface area (Å²) in [6.45, 7) is 4.87. The van der Waals surface area contributed by atoms with Crippen molar-refractivity contribution >= 4 is 17.2 Å². The minimum absolute atomic E-state index is 0.0579. The minimum Gasteiger partial charge on any atom is -0.385 e. The van der Waals surface area contributed by atoms with Gasteiger partial charge in [0.05, 0.1) is 10.5 Å². The zero-order valence-electron chi connectivity index (χ0n) is 15.0. The molecular formula is C21H27NO2S. The molecule has 0 bridgehead atoms. The number of piperidine rings is 1. The van der Waals surface area contributed by atoms with Gasteiger partial charge in [0.25, 0.3) is 5.91 Å². The molecule has 1 N–H and O–H groups in total. The monoisotopic (exact) mass is 357 g/mol. The highest BCUT2D eigenvalue weighted by Gasteiger charge is 2.48. The highest BCUT2D eigenvalue weighted by Crippen LogP contribution is 2.44. The van der Waals surface area contributed by atoms with Gasteiger partial charge in [0.15, 0.2) is 0 Å². The van der Waals surface area contributed by atoms with Crippen molar-refractivity contribution in [3.8, 4) is 0 Å². The smallest absolute Gasteiger partial charge is 0.264 e. The van der Waals surface area contributed by atoms with Crippen molar-refractivity contribution in [3.63, 3.8) is 0 Å². The summed E-state index contributed by atoms with van der Waals surface area (Å²) in [5.74, 6) is 0.167. The van der Waals surface area contributed by atoms with Crippen LogP contribution >= 0.6 is 11.3 Å². The summed E-state index contributed by atoms with van der Waals surface area (Å²) in [6, 6.07) is 13.9. The van der Waals surface area contributed by atoms with Crippen molar-refractivity contribution in [2.75, 3.05) is 6.54 Å². The molecule has 1 aromatic carbocycles. The van der Waals surface area contributed by atoms with Crippen molar-refractivity contribution in [1.82, 2.24) is 4.90 Å². The maximum absolute atomic E-state index is 13.0. The van der Waals surface area contributed by atoms with Crippen molar-refractivity contribution in [2.45, 2.75) is 51.2 Å². The average Bonchev–Trinajstić information content (AvgIpc) is 3.18. The molecule has 1 amide bonds. The molecule has 1 fully saturated rings. The van der Waals surface area contributed by atoms with E-state index >= 15 is 0 Å². The molecule has 0 saturated carbocycles. The number of hydrogen-bond donors (Lipinski definition) is 1. The highest BCUT2D eigenvalue weighted by atomic mass is 32.1. The molecular weight excluding hydrogens is 330 g/mol. The Morgan fingerprint density at radius 3 is 2.60 bits per heavy atom. The fourth-order valence-corrected chi connectivity index (χ4v) is 4.98. The normalized spacial score (nSPS) is 26.6. The predicted octanol–water partition coefficient (Wildman–Crippen LogP) is 4.68. The van der Waals surface area contributed by atoms with Gasteiger partial charge in [0.1, 0.15) is 0 Å². The van der Waals surface area contributed by atoms with Gasteiger partial charge < -0.3 is 10.0 Å². The summed E-state index contributed by atoms with van der Waals surface area (Å²) in [5, 5.41) is 13.6. The third kappa shape index (κ3) is 3.38. The molecule has 2 aromatic rings. The zero-order valence-corrected chi connectivity index (χ0v) is 15.8. The second-order valence-corrected chi connectivity index (χ2v) is 7.83. The molecule has 3 rings (SSSR count). The molecule has 4 heteroatoms. The number of nitrogens with zero attached hydrogens (tertiary/aromatic N) is 1. The standard InChI is InChI=1S/C21H27NO2S/c1-3-9-17-18(4-2)22(20(23)19-12-8-15-25-19)14-13-21(17,24)16-10-6-5-7-11-16/h5-8,10-12,15,17-18,24H,3-4,9,13-14H2,1-2H3/t17-,18+,21-/m1/s1. The molecule has 3 nitrogen and oxygen atoms in total. The molecule has 1 aliphatic rings. The van der Waals surface area contributed by atoms with Gasteiger partial charge in [-0.2, -0.15) is 0 Å². The van der Waals surface area contributed by atoms with E-state index in [2.05, 4.69) is 13.8 Å². The van der Waals surface area contributed by atoms with Crippen LogP contribution in [0.1, 0.15) is 54.8 Å². The summed E-state index contributed by atoms with van der Waals surface area (Å²) in [6.07, 6.45) is 3.36. The van der Waals surface area contributed by atoms with Crippen LogP contribution in [0.4, 0.5) is 0 Å². The molecule has 0 spiro atoms. The number of carbonyl (C=O) groups excluding carboxylic acids is 1. The molecule has 1 saturated heterocycles.